The number of carbonyl (C=O) groups is 1. The van der Waals surface area contributed by atoms with Gasteiger partial charge in [0.25, 0.3) is 6.43 Å². The number of carboxylic acid groups (broad SMARTS) is 1. The molecule has 0 aliphatic carbocycles. The van der Waals surface area contributed by atoms with Crippen molar-refractivity contribution in [2.45, 2.75) is 12.8 Å². The molecule has 0 aliphatic heterocycles. The Kier molecular flexibility index (Phi) is 3.93. The molecule has 0 aromatic carbocycles. The summed E-state index contributed by atoms with van der Waals surface area (Å²) < 4.78 is 30.1. The van der Waals surface area contributed by atoms with Gasteiger partial charge in [-0.2, -0.15) is 5.26 Å². The fraction of sp³-hybridized carbons (Fsp3) is 0.300. The standard InChI is InChI=1S/C10H8F2N2O3/c1-17-10-8(9(11)12)6(3-13)5(4-14-10)2-7(15)16/h4,9H,2H2,1H3,(H,15,16). The molecule has 1 N–H and O–H groups in total. The summed E-state index contributed by atoms with van der Waals surface area (Å²) in [6.45, 7) is 0. The van der Waals surface area contributed by atoms with Crippen LogP contribution in [0.1, 0.15) is 23.1 Å². The summed E-state index contributed by atoms with van der Waals surface area (Å²) in [7, 11) is 1.15. The number of nitriles is 1. The summed E-state index contributed by atoms with van der Waals surface area (Å²) in [5.41, 5.74) is -1.13. The summed E-state index contributed by atoms with van der Waals surface area (Å²) in [4.78, 5) is 14.1. The quantitative estimate of drug-likeness (QED) is 0.865. The highest BCUT2D eigenvalue weighted by atomic mass is 19.3. The van der Waals surface area contributed by atoms with Crippen LogP contribution in [0.2, 0.25) is 0 Å². The second kappa shape index (κ2) is 5.21. The molecule has 0 saturated carbocycles. The van der Waals surface area contributed by atoms with E-state index in [0.29, 0.717) is 0 Å². The van der Waals surface area contributed by atoms with Gasteiger partial charge in [0, 0.05) is 11.8 Å². The molecular formula is C10H8F2N2O3. The second-order valence-electron chi connectivity index (χ2n) is 3.06. The molecular weight excluding hydrogens is 234 g/mol. The predicted molar refractivity (Wildman–Crippen MR) is 51.8 cm³/mol. The molecule has 0 fully saturated rings. The van der Waals surface area contributed by atoms with E-state index in [2.05, 4.69) is 9.72 Å². The summed E-state index contributed by atoms with van der Waals surface area (Å²) in [6.07, 6.45) is -2.45. The molecule has 1 aromatic rings. The highest BCUT2D eigenvalue weighted by Gasteiger charge is 2.23. The van der Waals surface area contributed by atoms with Crippen LogP contribution in [-0.4, -0.2) is 23.2 Å². The van der Waals surface area contributed by atoms with Gasteiger partial charge >= 0.3 is 5.97 Å². The lowest BCUT2D eigenvalue weighted by Gasteiger charge is -2.10. The maximum absolute atomic E-state index is 12.8. The summed E-state index contributed by atoms with van der Waals surface area (Å²) in [5.74, 6) is -1.60. The molecule has 0 amide bonds. The van der Waals surface area contributed by atoms with Crippen LogP contribution in [0.5, 0.6) is 5.88 Å². The predicted octanol–water partition coefficient (Wildman–Crippen LogP) is 1.53. The fourth-order valence-corrected chi connectivity index (χ4v) is 1.34. The third kappa shape index (κ3) is 2.66. The van der Waals surface area contributed by atoms with Gasteiger partial charge < -0.3 is 9.84 Å². The van der Waals surface area contributed by atoms with Crippen molar-refractivity contribution in [2.75, 3.05) is 7.11 Å². The zero-order valence-corrected chi connectivity index (χ0v) is 8.78. The van der Waals surface area contributed by atoms with Crippen molar-refractivity contribution >= 4 is 5.97 Å². The Morgan fingerprint density at radius 3 is 2.76 bits per heavy atom. The van der Waals surface area contributed by atoms with Gasteiger partial charge in [0.2, 0.25) is 5.88 Å². The molecule has 0 unspecified atom stereocenters. The van der Waals surface area contributed by atoms with Crippen molar-refractivity contribution in [1.82, 2.24) is 4.98 Å². The molecule has 1 rings (SSSR count). The molecule has 5 nitrogen and oxygen atoms in total. The Morgan fingerprint density at radius 1 is 1.71 bits per heavy atom. The second-order valence-corrected chi connectivity index (χ2v) is 3.06. The maximum Gasteiger partial charge on any atom is 0.307 e. The fourth-order valence-electron chi connectivity index (χ4n) is 1.34. The van der Waals surface area contributed by atoms with Gasteiger partial charge in [0.1, 0.15) is 6.07 Å². The molecule has 17 heavy (non-hydrogen) atoms. The van der Waals surface area contributed by atoms with Crippen molar-refractivity contribution in [1.29, 1.82) is 5.26 Å². The van der Waals surface area contributed by atoms with Crippen molar-refractivity contribution < 1.29 is 23.4 Å². The largest absolute Gasteiger partial charge is 0.481 e. The molecule has 0 saturated heterocycles. The van der Waals surface area contributed by atoms with Crippen LogP contribution in [0.25, 0.3) is 0 Å². The van der Waals surface area contributed by atoms with E-state index in [-0.39, 0.29) is 11.4 Å². The van der Waals surface area contributed by atoms with Crippen LogP contribution in [0.15, 0.2) is 6.20 Å². The zero-order valence-electron chi connectivity index (χ0n) is 8.78. The van der Waals surface area contributed by atoms with Crippen LogP contribution < -0.4 is 4.74 Å². The topological polar surface area (TPSA) is 83.2 Å². The number of halogens is 2. The number of carboxylic acids is 1. The minimum atomic E-state index is -2.96. The van der Waals surface area contributed by atoms with Gasteiger partial charge in [-0.15, -0.1) is 0 Å². The Bertz CT molecular complexity index is 483. The number of ether oxygens (including phenoxy) is 1. The van der Waals surface area contributed by atoms with Crippen LogP contribution in [-0.2, 0) is 11.2 Å². The number of aliphatic carboxylic acids is 1. The first-order chi connectivity index (χ1) is 8.01. The number of nitrogens with zero attached hydrogens (tertiary/aromatic N) is 2. The third-order valence-electron chi connectivity index (χ3n) is 2.02. The molecule has 1 aromatic heterocycles. The van der Waals surface area contributed by atoms with E-state index in [0.717, 1.165) is 13.3 Å². The van der Waals surface area contributed by atoms with Gasteiger partial charge in [0.15, 0.2) is 0 Å². The smallest absolute Gasteiger partial charge is 0.307 e. The molecule has 1 heterocycles. The van der Waals surface area contributed by atoms with Crippen molar-refractivity contribution in [3.8, 4) is 11.9 Å². The molecule has 90 valence electrons. The first-order valence-electron chi connectivity index (χ1n) is 4.47. The number of pyridine rings is 1. The van der Waals surface area contributed by atoms with Crippen LogP contribution in [0.4, 0.5) is 8.78 Å². The summed E-state index contributed by atoms with van der Waals surface area (Å²) in [6, 6.07) is 1.56. The lowest BCUT2D eigenvalue weighted by atomic mass is 10.0. The van der Waals surface area contributed by atoms with Gasteiger partial charge in [-0.1, -0.05) is 0 Å². The molecule has 7 heteroatoms. The molecule has 0 radical (unpaired) electrons. The van der Waals surface area contributed by atoms with E-state index in [4.69, 9.17) is 10.4 Å². The lowest BCUT2D eigenvalue weighted by Crippen LogP contribution is -2.07. The Balaban J connectivity index is 3.42. The van der Waals surface area contributed by atoms with Crippen LogP contribution in [0.3, 0.4) is 0 Å². The maximum atomic E-state index is 12.8. The van der Waals surface area contributed by atoms with E-state index in [1.807, 2.05) is 0 Å². The first-order valence-corrected chi connectivity index (χ1v) is 4.47. The van der Waals surface area contributed by atoms with E-state index in [1.165, 1.54) is 0 Å². The van der Waals surface area contributed by atoms with E-state index in [9.17, 15) is 13.6 Å². The van der Waals surface area contributed by atoms with E-state index >= 15 is 0 Å². The average Bonchev–Trinajstić information content (AvgIpc) is 2.27. The molecule has 0 atom stereocenters. The lowest BCUT2D eigenvalue weighted by molar-refractivity contribution is -0.136. The number of alkyl halides is 2. The minimum Gasteiger partial charge on any atom is -0.481 e. The highest BCUT2D eigenvalue weighted by molar-refractivity contribution is 5.71. The third-order valence-corrected chi connectivity index (χ3v) is 2.02. The Labute approximate surface area is 95.3 Å². The molecule has 0 aliphatic rings. The van der Waals surface area contributed by atoms with E-state index < -0.39 is 29.9 Å². The highest BCUT2D eigenvalue weighted by Crippen LogP contribution is 2.32. The molecule has 0 bridgehead atoms. The van der Waals surface area contributed by atoms with Gasteiger partial charge in [-0.25, -0.2) is 13.8 Å². The number of methoxy groups -OCH3 is 1. The van der Waals surface area contributed by atoms with Crippen LogP contribution in [0, 0.1) is 11.3 Å². The Morgan fingerprint density at radius 2 is 2.35 bits per heavy atom. The number of hydrogen-bond donors (Lipinski definition) is 1. The van der Waals surface area contributed by atoms with Crippen LogP contribution >= 0.6 is 0 Å². The van der Waals surface area contributed by atoms with Crippen molar-refractivity contribution in [3.05, 3.63) is 22.9 Å². The normalized spacial score (nSPS) is 10.1. The monoisotopic (exact) mass is 242 g/mol. The first kappa shape index (κ1) is 12.8. The van der Waals surface area contributed by atoms with E-state index in [1.54, 1.807) is 6.07 Å². The zero-order chi connectivity index (χ0) is 13.0. The summed E-state index contributed by atoms with van der Waals surface area (Å²) in [5, 5.41) is 17.4. The van der Waals surface area contributed by atoms with Gasteiger partial charge in [-0.3, -0.25) is 4.79 Å². The summed E-state index contributed by atoms with van der Waals surface area (Å²) >= 11 is 0. The molecule has 0 spiro atoms. The van der Waals surface area contributed by atoms with Gasteiger partial charge in [0.05, 0.1) is 24.7 Å². The SMILES string of the molecule is COc1ncc(CC(=O)O)c(C#N)c1C(F)F. The number of aromatic nitrogens is 1. The van der Waals surface area contributed by atoms with Crippen molar-refractivity contribution in [2.24, 2.45) is 0 Å². The van der Waals surface area contributed by atoms with Gasteiger partial charge in [-0.05, 0) is 0 Å². The minimum absolute atomic E-state index is 0.0592. The number of rotatable bonds is 4. The Hall–Kier alpha value is -2.23. The van der Waals surface area contributed by atoms with Crippen molar-refractivity contribution in [3.63, 3.8) is 0 Å². The number of hydrogen-bond acceptors (Lipinski definition) is 4. The average molecular weight is 242 g/mol.